The van der Waals surface area contributed by atoms with Gasteiger partial charge in [-0.2, -0.15) is 4.36 Å². The van der Waals surface area contributed by atoms with Gasteiger partial charge in [-0.3, -0.25) is 0 Å². The van der Waals surface area contributed by atoms with Crippen molar-refractivity contribution in [2.24, 2.45) is 4.36 Å². The van der Waals surface area contributed by atoms with E-state index in [1.165, 1.54) is 24.5 Å². The van der Waals surface area contributed by atoms with Gasteiger partial charge >= 0.3 is 0 Å². The molecule has 0 aliphatic rings. The van der Waals surface area contributed by atoms with Crippen molar-refractivity contribution in [1.29, 1.82) is 0 Å². The fraction of sp³-hybridized carbons (Fsp3) is 0.130. The van der Waals surface area contributed by atoms with E-state index in [1.807, 2.05) is 42.5 Å². The van der Waals surface area contributed by atoms with E-state index in [2.05, 4.69) is 16.3 Å². The van der Waals surface area contributed by atoms with Crippen LogP contribution < -0.4 is 0 Å². The van der Waals surface area contributed by atoms with Gasteiger partial charge in [-0.05, 0) is 42.3 Å². The largest absolute Gasteiger partial charge is 0.245 e. The zero-order valence-electron chi connectivity index (χ0n) is 16.6. The molecule has 0 radical (unpaired) electrons. The number of benzene rings is 2. The number of rotatable bonds is 5. The van der Waals surface area contributed by atoms with Gasteiger partial charge in [0.2, 0.25) is 0 Å². The van der Waals surface area contributed by atoms with Crippen molar-refractivity contribution in [3.63, 3.8) is 0 Å². The summed E-state index contributed by atoms with van der Waals surface area (Å²) in [5, 5.41) is 1.04. The zero-order chi connectivity index (χ0) is 21.1. The average Bonchev–Trinajstić information content (AvgIpc) is 3.19. The lowest BCUT2D eigenvalue weighted by atomic mass is 10.1. The fourth-order valence-corrected chi connectivity index (χ4v) is 5.29. The Labute approximate surface area is 179 Å². The molecular weight excluding hydrogens is 417 g/mol. The van der Waals surface area contributed by atoms with E-state index in [4.69, 9.17) is 4.98 Å². The van der Waals surface area contributed by atoms with Crippen LogP contribution in [-0.4, -0.2) is 20.4 Å². The summed E-state index contributed by atoms with van der Waals surface area (Å²) in [6.07, 6.45) is 3.98. The molecule has 0 saturated heterocycles. The fourth-order valence-electron chi connectivity index (χ4n) is 3.05. The van der Waals surface area contributed by atoms with Crippen LogP contribution >= 0.6 is 11.3 Å². The molecule has 4 nitrogen and oxygen atoms in total. The summed E-state index contributed by atoms with van der Waals surface area (Å²) in [4.78, 5) is 10.4. The summed E-state index contributed by atoms with van der Waals surface area (Å²) < 4.78 is 31.0. The second-order valence-electron chi connectivity index (χ2n) is 6.76. The Bertz CT molecular complexity index is 1310. The second-order valence-corrected chi connectivity index (χ2v) is 10.1. The Morgan fingerprint density at radius 1 is 1.03 bits per heavy atom. The monoisotopic (exact) mass is 437 g/mol. The van der Waals surface area contributed by atoms with E-state index in [9.17, 15) is 8.60 Å². The molecule has 1 atom stereocenters. The predicted octanol–water partition coefficient (Wildman–Crippen LogP) is 6.36. The molecule has 4 aromatic rings. The maximum absolute atomic E-state index is 13.6. The third-order valence-electron chi connectivity index (χ3n) is 4.53. The van der Waals surface area contributed by atoms with Crippen LogP contribution in [0.4, 0.5) is 10.2 Å². The van der Waals surface area contributed by atoms with Gasteiger partial charge in [-0.15, -0.1) is 11.3 Å². The van der Waals surface area contributed by atoms with Crippen LogP contribution in [0.5, 0.6) is 0 Å². The summed E-state index contributed by atoms with van der Waals surface area (Å²) in [5.74, 6) is -0.0991. The number of thiazole rings is 1. The molecule has 0 aliphatic heterocycles. The van der Waals surface area contributed by atoms with Gasteiger partial charge in [0.15, 0.2) is 5.82 Å². The van der Waals surface area contributed by atoms with Crippen molar-refractivity contribution in [1.82, 2.24) is 9.97 Å². The quantitative estimate of drug-likeness (QED) is 0.365. The van der Waals surface area contributed by atoms with Crippen molar-refractivity contribution >= 4 is 26.9 Å². The summed E-state index contributed by atoms with van der Waals surface area (Å²) in [7, 11) is -2.84. The lowest BCUT2D eigenvalue weighted by Crippen LogP contribution is -1.97. The van der Waals surface area contributed by atoms with Gasteiger partial charge in [-0.1, -0.05) is 43.3 Å². The molecule has 0 fully saturated rings. The first-order valence-corrected chi connectivity index (χ1v) is 12.2. The van der Waals surface area contributed by atoms with E-state index in [-0.39, 0.29) is 0 Å². The zero-order valence-corrected chi connectivity index (χ0v) is 18.2. The van der Waals surface area contributed by atoms with E-state index in [1.54, 1.807) is 23.6 Å². The molecule has 2 heterocycles. The van der Waals surface area contributed by atoms with Crippen LogP contribution in [0.1, 0.15) is 11.9 Å². The van der Waals surface area contributed by atoms with E-state index in [0.717, 1.165) is 33.1 Å². The number of hydrogen-bond acceptors (Lipinski definition) is 5. The summed E-state index contributed by atoms with van der Waals surface area (Å²) in [6.45, 7) is 2.08. The van der Waals surface area contributed by atoms with Gasteiger partial charge in [-0.25, -0.2) is 18.6 Å². The maximum atomic E-state index is 13.6. The molecule has 30 heavy (non-hydrogen) atoms. The molecule has 152 valence electrons. The van der Waals surface area contributed by atoms with Gasteiger partial charge < -0.3 is 0 Å². The summed E-state index contributed by atoms with van der Waals surface area (Å²) in [5.41, 5.74) is 2.86. The van der Waals surface area contributed by atoms with Crippen molar-refractivity contribution in [3.8, 4) is 21.7 Å². The highest BCUT2D eigenvalue weighted by Gasteiger charge is 2.15. The molecule has 2 aromatic heterocycles. The SMILES string of the molecule is CCc1nc(-c2ccccc2)c(-c2ccnc(N=S(C)(=O)c3cccc(F)c3)c2)s1. The molecule has 0 amide bonds. The number of hydrogen-bond donors (Lipinski definition) is 0. The molecule has 1 unspecified atom stereocenters. The summed E-state index contributed by atoms with van der Waals surface area (Å²) in [6, 6.07) is 19.4. The molecule has 4 rings (SSSR count). The van der Waals surface area contributed by atoms with Crippen LogP contribution in [0.3, 0.4) is 0 Å². The van der Waals surface area contributed by atoms with Crippen LogP contribution in [0.25, 0.3) is 21.7 Å². The van der Waals surface area contributed by atoms with Crippen LogP contribution in [0.15, 0.2) is 82.2 Å². The van der Waals surface area contributed by atoms with Crippen LogP contribution in [0, 0.1) is 5.82 Å². The lowest BCUT2D eigenvalue weighted by molar-refractivity contribution is 0.622. The standard InChI is InChI=1S/C23H20FN3OS2/c1-3-21-26-22(16-8-5-4-6-9-16)23(29-21)17-12-13-25-20(14-17)27-30(2,28)19-11-7-10-18(24)15-19/h4-15H,3H2,1-2H3. The second kappa shape index (κ2) is 8.45. The Balaban J connectivity index is 1.80. The third kappa shape index (κ3) is 4.32. The lowest BCUT2D eigenvalue weighted by Gasteiger charge is -2.06. The smallest absolute Gasteiger partial charge is 0.162 e. The number of halogens is 1. The van der Waals surface area contributed by atoms with E-state index >= 15 is 0 Å². The minimum absolute atomic E-state index is 0.339. The minimum Gasteiger partial charge on any atom is -0.245 e. The first kappa shape index (κ1) is 20.4. The molecular formula is C23H20FN3OS2. The third-order valence-corrected chi connectivity index (χ3v) is 7.44. The van der Waals surface area contributed by atoms with Crippen LogP contribution in [-0.2, 0) is 16.1 Å². The number of aromatic nitrogens is 2. The Morgan fingerprint density at radius 3 is 2.57 bits per heavy atom. The highest BCUT2D eigenvalue weighted by Crippen LogP contribution is 2.38. The van der Waals surface area contributed by atoms with Crippen molar-refractivity contribution in [2.75, 3.05) is 6.26 Å². The molecule has 0 bridgehead atoms. The van der Waals surface area contributed by atoms with Gasteiger partial charge in [0, 0.05) is 18.0 Å². The maximum Gasteiger partial charge on any atom is 0.162 e. The molecule has 0 N–H and O–H groups in total. The van der Waals surface area contributed by atoms with Crippen LogP contribution in [0.2, 0.25) is 0 Å². The molecule has 7 heteroatoms. The summed E-state index contributed by atoms with van der Waals surface area (Å²) >= 11 is 1.63. The Morgan fingerprint density at radius 2 is 1.83 bits per heavy atom. The molecule has 0 saturated carbocycles. The predicted molar refractivity (Wildman–Crippen MR) is 121 cm³/mol. The highest BCUT2D eigenvalue weighted by atomic mass is 32.2. The Hall–Kier alpha value is -2.90. The van der Waals surface area contributed by atoms with Gasteiger partial charge in [0.1, 0.15) is 5.82 Å². The first-order valence-electron chi connectivity index (χ1n) is 9.45. The van der Waals surface area contributed by atoms with E-state index in [0.29, 0.717) is 10.7 Å². The topological polar surface area (TPSA) is 55.2 Å². The Kier molecular flexibility index (Phi) is 5.74. The number of pyridine rings is 1. The molecule has 2 aromatic carbocycles. The van der Waals surface area contributed by atoms with Gasteiger partial charge in [0.05, 0.1) is 30.2 Å². The van der Waals surface area contributed by atoms with Gasteiger partial charge in [0.25, 0.3) is 0 Å². The molecule has 0 aliphatic carbocycles. The first-order chi connectivity index (χ1) is 14.5. The number of nitrogens with zero attached hydrogens (tertiary/aromatic N) is 3. The highest BCUT2D eigenvalue weighted by molar-refractivity contribution is 7.93. The average molecular weight is 438 g/mol. The van der Waals surface area contributed by atoms with Crippen molar-refractivity contribution < 1.29 is 8.60 Å². The normalized spacial score (nSPS) is 13.0. The van der Waals surface area contributed by atoms with Crippen molar-refractivity contribution in [2.45, 2.75) is 18.2 Å². The molecule has 0 spiro atoms. The number of aryl methyl sites for hydroxylation is 1. The van der Waals surface area contributed by atoms with Crippen molar-refractivity contribution in [3.05, 3.63) is 83.8 Å². The van der Waals surface area contributed by atoms with E-state index < -0.39 is 15.5 Å². The minimum atomic E-state index is -2.84.